The molecule has 2 aliphatic rings. The quantitative estimate of drug-likeness (QED) is 0.0143. The van der Waals surface area contributed by atoms with Crippen LogP contribution in [-0.2, 0) is 52.7 Å². The zero-order valence-electron chi connectivity index (χ0n) is 56.2. The number of esters is 1. The summed E-state index contributed by atoms with van der Waals surface area (Å²) in [6.45, 7) is 14.2. The molecular formula is C68H114N8O11S3. The molecule has 510 valence electrons. The van der Waals surface area contributed by atoms with Gasteiger partial charge in [0.05, 0.1) is 20.2 Å². The number of methoxy groups -OCH3 is 1. The van der Waals surface area contributed by atoms with Gasteiger partial charge in [0.2, 0.25) is 41.4 Å². The van der Waals surface area contributed by atoms with E-state index in [0.29, 0.717) is 43.6 Å². The molecule has 5 atom stereocenters. The number of hydrogen-bond donors (Lipinski definition) is 6. The molecule has 9 amide bonds. The molecule has 0 aromatic heterocycles. The third-order valence-corrected chi connectivity index (χ3v) is 18.6. The Labute approximate surface area is 552 Å². The second-order valence-corrected chi connectivity index (χ2v) is 27.8. The summed E-state index contributed by atoms with van der Waals surface area (Å²) >= 11 is 4.48. The first kappa shape index (κ1) is 81.0. The van der Waals surface area contributed by atoms with Crippen LogP contribution in [0.3, 0.4) is 0 Å². The van der Waals surface area contributed by atoms with E-state index in [-0.39, 0.29) is 74.0 Å². The number of imide groups is 1. The topological polar surface area (TPSA) is 259 Å². The van der Waals surface area contributed by atoms with Crippen LogP contribution in [0.15, 0.2) is 47.1 Å². The Morgan fingerprint density at radius 2 is 1.18 bits per heavy atom. The van der Waals surface area contributed by atoms with E-state index in [1.165, 1.54) is 147 Å². The molecule has 2 heterocycles. The van der Waals surface area contributed by atoms with Crippen LogP contribution in [0.25, 0.3) is 0 Å². The first-order valence-electron chi connectivity index (χ1n) is 33.5. The molecule has 0 spiro atoms. The lowest BCUT2D eigenvalue weighted by atomic mass is 10.0. The fourth-order valence-electron chi connectivity index (χ4n) is 10.5. The van der Waals surface area contributed by atoms with Crippen LogP contribution in [0.5, 0.6) is 0 Å². The van der Waals surface area contributed by atoms with Crippen molar-refractivity contribution in [3.05, 3.63) is 47.1 Å². The predicted molar refractivity (Wildman–Crippen MR) is 368 cm³/mol. The maximum absolute atomic E-state index is 14.3. The molecule has 19 nitrogen and oxygen atoms in total. The first-order valence-corrected chi connectivity index (χ1v) is 37.2. The summed E-state index contributed by atoms with van der Waals surface area (Å²) in [5.41, 5.74) is 3.93. The van der Waals surface area contributed by atoms with Gasteiger partial charge >= 0.3 is 5.97 Å². The Morgan fingerprint density at radius 1 is 0.611 bits per heavy atom. The van der Waals surface area contributed by atoms with Crippen LogP contribution in [-0.4, -0.2) is 167 Å². The highest BCUT2D eigenvalue weighted by atomic mass is 32.2. The zero-order valence-corrected chi connectivity index (χ0v) is 58.7. The van der Waals surface area contributed by atoms with Crippen LogP contribution in [0.1, 0.15) is 215 Å². The summed E-state index contributed by atoms with van der Waals surface area (Å²) in [6.07, 6.45) is 35.3. The lowest BCUT2D eigenvalue weighted by Gasteiger charge is -2.30. The molecule has 0 aromatic carbocycles. The fraction of sp³-hybridized carbons (Fsp3) is 0.735. The second kappa shape index (κ2) is 49.5. The van der Waals surface area contributed by atoms with E-state index in [0.717, 1.165) is 55.6 Å². The number of thioether (sulfide) groups is 3. The molecule has 0 saturated carbocycles. The molecule has 0 bridgehead atoms. The number of carbonyl (C=O) groups excluding carboxylic acids is 10. The van der Waals surface area contributed by atoms with Gasteiger partial charge in [0.15, 0.2) is 0 Å². The number of carbonyl (C=O) groups is 10. The molecule has 2 aliphatic heterocycles. The highest BCUT2D eigenvalue weighted by Crippen LogP contribution is 2.22. The summed E-state index contributed by atoms with van der Waals surface area (Å²) in [4.78, 5) is 135. The second-order valence-electron chi connectivity index (χ2n) is 24.6. The van der Waals surface area contributed by atoms with Crippen molar-refractivity contribution < 1.29 is 52.7 Å². The van der Waals surface area contributed by atoms with Gasteiger partial charge in [-0.05, 0) is 122 Å². The summed E-state index contributed by atoms with van der Waals surface area (Å²) in [7, 11) is 1.27. The van der Waals surface area contributed by atoms with Gasteiger partial charge in [-0.3, -0.25) is 48.1 Å². The van der Waals surface area contributed by atoms with Crippen molar-refractivity contribution in [3.8, 4) is 0 Å². The summed E-state index contributed by atoms with van der Waals surface area (Å²) < 4.78 is 5.07. The van der Waals surface area contributed by atoms with Crippen molar-refractivity contribution in [2.75, 3.05) is 68.3 Å². The van der Waals surface area contributed by atoms with Crippen molar-refractivity contribution in [1.82, 2.24) is 41.7 Å². The SMILES string of the molecule is CCCCCCCCCCCCCCCCSC[C@H](NC(=O)CNC(=O)CCCCCN1C(=O)C=CC1=O)C(=O)N[C@@H](CCSC)C(=O)NCC(=O)N[C@@H](CC(C)C)C(=O)N1CCC[C@H]1C(=O)N[C@@H](CSC/C=C(\C)CC/C=C(\C)CCC=C(C)C)C(=O)OC. The fourth-order valence-corrected chi connectivity index (χ4v) is 13.0. The minimum Gasteiger partial charge on any atom is -0.467 e. The van der Waals surface area contributed by atoms with Crippen LogP contribution >= 0.6 is 35.3 Å². The minimum atomic E-state index is -1.08. The van der Waals surface area contributed by atoms with E-state index in [4.69, 9.17) is 4.74 Å². The standard InChI is InChI=1S/C68H114N8O11S3/c1-10-11-12-13-14-15-16-17-18-19-20-21-22-26-42-89-48-56(72-60(78)46-69-59(77)35-24-23-25-40-76-62(80)36-37-63(76)81)65(83)73-54(39-43-88-9)64(82)70-47-61(79)71-55(45-51(4)5)67(85)75-41-29-34-58(75)66(84)74-57(68(86)87-8)49-90-44-38-53(7)33-28-32-52(6)31-27-30-50(2)3/h30,32,36-38,51,54-58H,10-29,31,33-35,39-49H2,1-9H3,(H,69,77)(H,70,82)(H,71,79)(H,72,78)(H,73,83)(H,74,84)/b52-32+,53-38+/t54-,55-,56-,57-,58-/m0/s1. The van der Waals surface area contributed by atoms with E-state index >= 15 is 0 Å². The van der Waals surface area contributed by atoms with E-state index < -0.39 is 78.2 Å². The average Bonchev–Trinajstić information content (AvgIpc) is 2.14. The Kier molecular flexibility index (Phi) is 44.6. The maximum Gasteiger partial charge on any atom is 0.329 e. The van der Waals surface area contributed by atoms with Crippen molar-refractivity contribution >= 4 is 94.4 Å². The van der Waals surface area contributed by atoms with Gasteiger partial charge in [-0.15, -0.1) is 0 Å². The lowest BCUT2D eigenvalue weighted by molar-refractivity contribution is -0.146. The number of nitrogens with zero attached hydrogens (tertiary/aromatic N) is 2. The van der Waals surface area contributed by atoms with Gasteiger partial charge in [0.25, 0.3) is 11.8 Å². The van der Waals surface area contributed by atoms with Crippen molar-refractivity contribution in [1.29, 1.82) is 0 Å². The summed E-state index contributed by atoms with van der Waals surface area (Å²) in [6, 6.07) is -5.00. The Morgan fingerprint density at radius 3 is 1.78 bits per heavy atom. The van der Waals surface area contributed by atoms with Gasteiger partial charge in [0, 0.05) is 48.9 Å². The predicted octanol–water partition coefficient (Wildman–Crippen LogP) is 9.97. The van der Waals surface area contributed by atoms with E-state index in [2.05, 4.69) is 84.7 Å². The van der Waals surface area contributed by atoms with Crippen molar-refractivity contribution in [2.24, 2.45) is 5.92 Å². The molecule has 0 aromatic rings. The molecule has 1 fully saturated rings. The highest BCUT2D eigenvalue weighted by Gasteiger charge is 2.39. The molecule has 0 aliphatic carbocycles. The number of rotatable bonds is 51. The summed E-state index contributed by atoms with van der Waals surface area (Å²) in [5, 5.41) is 16.5. The molecule has 6 N–H and O–H groups in total. The maximum atomic E-state index is 14.3. The highest BCUT2D eigenvalue weighted by molar-refractivity contribution is 7.99. The van der Waals surface area contributed by atoms with Gasteiger partial charge in [-0.1, -0.05) is 146 Å². The molecule has 0 radical (unpaired) electrons. The normalized spacial score (nSPS) is 15.5. The van der Waals surface area contributed by atoms with E-state index in [1.54, 1.807) is 0 Å². The molecule has 22 heteroatoms. The van der Waals surface area contributed by atoms with Gasteiger partial charge in [0.1, 0.15) is 30.2 Å². The smallest absolute Gasteiger partial charge is 0.329 e. The van der Waals surface area contributed by atoms with E-state index in [1.807, 2.05) is 20.1 Å². The Hall–Kier alpha value is -5.09. The third-order valence-electron chi connectivity index (χ3n) is 15.8. The van der Waals surface area contributed by atoms with Crippen LogP contribution < -0.4 is 31.9 Å². The lowest BCUT2D eigenvalue weighted by Crippen LogP contribution is -2.57. The number of likely N-dealkylation sites (tertiary alicyclic amines) is 1. The molecule has 0 unspecified atom stereocenters. The Balaban J connectivity index is 2.04. The largest absolute Gasteiger partial charge is 0.467 e. The van der Waals surface area contributed by atoms with E-state index in [9.17, 15) is 47.9 Å². The van der Waals surface area contributed by atoms with Crippen LogP contribution in [0.2, 0.25) is 0 Å². The van der Waals surface area contributed by atoms with Gasteiger partial charge in [-0.2, -0.15) is 35.3 Å². The molecular weight excluding hydrogens is 1200 g/mol. The number of ether oxygens (including phenoxy) is 1. The summed E-state index contributed by atoms with van der Waals surface area (Å²) in [5.74, 6) is -2.76. The molecule has 2 rings (SSSR count). The number of hydrogen-bond acceptors (Lipinski definition) is 14. The third kappa shape index (κ3) is 36.8. The van der Waals surface area contributed by atoms with Gasteiger partial charge < -0.3 is 41.5 Å². The van der Waals surface area contributed by atoms with Crippen LogP contribution in [0.4, 0.5) is 0 Å². The minimum absolute atomic E-state index is 0.0454. The van der Waals surface area contributed by atoms with Crippen molar-refractivity contribution in [2.45, 2.75) is 246 Å². The molecule has 1 saturated heterocycles. The number of nitrogens with one attached hydrogen (secondary N) is 6. The molecule has 90 heavy (non-hydrogen) atoms. The zero-order chi connectivity index (χ0) is 66.5. The van der Waals surface area contributed by atoms with Gasteiger partial charge in [-0.25, -0.2) is 4.79 Å². The van der Waals surface area contributed by atoms with Crippen molar-refractivity contribution in [3.63, 3.8) is 0 Å². The van der Waals surface area contributed by atoms with Crippen LogP contribution in [0, 0.1) is 5.92 Å². The number of amides is 9. The monoisotopic (exact) mass is 1310 g/mol. The number of allylic oxidation sites excluding steroid dienone is 5. The average molecular weight is 1320 g/mol. The first-order chi connectivity index (χ1) is 43.2. The number of unbranched alkanes of at least 4 members (excludes halogenated alkanes) is 15. The Bertz CT molecular complexity index is 2330.